The molecular weight excluding hydrogens is 851 g/mol. The fourth-order valence-electron chi connectivity index (χ4n) is 8.25. The normalized spacial score (nSPS) is 32.2. The predicted octanol–water partition coefficient (Wildman–Crippen LogP) is 1.50. The largest absolute Gasteiger partial charge is 0.481 e. The van der Waals surface area contributed by atoms with Crippen molar-refractivity contribution >= 4 is 11.9 Å². The van der Waals surface area contributed by atoms with Crippen LogP contribution in [0.15, 0.2) is 72.9 Å². The van der Waals surface area contributed by atoms with Crippen LogP contribution in [-0.2, 0) is 28.5 Å². The number of carbonyl (C=O) groups is 2. The number of hydrogen-bond donors (Lipinski definition) is 12. The molecule has 4 heterocycles. The fraction of sp³-hybridized carbons (Fsp3) is 0.702. The van der Waals surface area contributed by atoms with Gasteiger partial charge in [-0.25, -0.2) is 0 Å². The van der Waals surface area contributed by atoms with Gasteiger partial charge in [-0.3, -0.25) is 9.59 Å². The van der Waals surface area contributed by atoms with Crippen LogP contribution in [0.25, 0.3) is 0 Å². The lowest BCUT2D eigenvalue weighted by Crippen LogP contribution is -2.67. The third-order valence-electron chi connectivity index (χ3n) is 12.4. The lowest BCUT2D eigenvalue weighted by atomic mass is 9.78. The second kappa shape index (κ2) is 27.6. The number of aliphatic hydroxyl groups excluding tert-OH is 9. The Morgan fingerprint density at radius 1 is 0.769 bits per heavy atom. The highest BCUT2D eigenvalue weighted by atomic mass is 16.7. The third-order valence-corrected chi connectivity index (χ3v) is 12.4. The van der Waals surface area contributed by atoms with Crippen LogP contribution in [0.1, 0.15) is 91.9 Å². The number of aliphatic hydroxyl groups is 9. The molecule has 18 heteroatoms. The van der Waals surface area contributed by atoms with Crippen molar-refractivity contribution in [1.29, 1.82) is 0 Å². The van der Waals surface area contributed by atoms with E-state index in [9.17, 15) is 60.7 Å². The van der Waals surface area contributed by atoms with Gasteiger partial charge in [0.1, 0.15) is 12.0 Å². The van der Waals surface area contributed by atoms with Crippen molar-refractivity contribution in [1.82, 2.24) is 0 Å². The Bertz CT molecular complexity index is 1610. The molecule has 4 saturated heterocycles. The van der Waals surface area contributed by atoms with Gasteiger partial charge in [0.25, 0.3) is 0 Å². The summed E-state index contributed by atoms with van der Waals surface area (Å²) in [5.74, 6) is -5.09. The number of aliphatic carboxylic acids is 2. The van der Waals surface area contributed by atoms with E-state index < -0.39 is 122 Å². The topological polar surface area (TPSA) is 320 Å². The minimum absolute atomic E-state index is 0.0457. The average molecular weight is 926 g/mol. The molecule has 13 N–H and O–H groups in total. The van der Waals surface area contributed by atoms with E-state index in [0.29, 0.717) is 0 Å². The molecule has 65 heavy (non-hydrogen) atoms. The van der Waals surface area contributed by atoms with Gasteiger partial charge >= 0.3 is 11.9 Å². The number of carboxylic acids is 2. The molecule has 0 saturated carbocycles. The Morgan fingerprint density at radius 2 is 1.37 bits per heavy atom. The van der Waals surface area contributed by atoms with E-state index in [1.54, 1.807) is 44.2 Å². The van der Waals surface area contributed by atoms with Crippen molar-refractivity contribution in [2.45, 2.75) is 189 Å². The number of nitrogens with two attached hydrogens (primary N) is 1. The first kappa shape index (κ1) is 56.1. The Labute approximate surface area is 381 Å². The summed E-state index contributed by atoms with van der Waals surface area (Å²) in [6.45, 7) is 7.07. The lowest BCUT2D eigenvalue weighted by molar-refractivity contribution is -0.420. The molecule has 0 aromatic rings. The van der Waals surface area contributed by atoms with Crippen molar-refractivity contribution in [3.05, 3.63) is 72.9 Å². The van der Waals surface area contributed by atoms with Gasteiger partial charge in [0.05, 0.1) is 85.7 Å². The van der Waals surface area contributed by atoms with Crippen LogP contribution in [0, 0.1) is 17.8 Å². The molecule has 4 rings (SSSR count). The molecule has 2 bridgehead atoms. The molecule has 18 nitrogen and oxygen atoms in total. The smallest absolute Gasteiger partial charge is 0.311 e. The summed E-state index contributed by atoms with van der Waals surface area (Å²) >= 11 is 0. The van der Waals surface area contributed by atoms with Gasteiger partial charge in [0, 0.05) is 31.6 Å². The zero-order valence-electron chi connectivity index (χ0n) is 37.8. The molecule has 19 unspecified atom stereocenters. The number of fused-ring (bicyclic) bond motifs is 2. The quantitative estimate of drug-likeness (QED) is 0.0473. The highest BCUT2D eigenvalue weighted by Gasteiger charge is 2.61. The van der Waals surface area contributed by atoms with Crippen LogP contribution in [0.5, 0.6) is 0 Å². The summed E-state index contributed by atoms with van der Waals surface area (Å²) in [4.78, 5) is 23.3. The van der Waals surface area contributed by atoms with Gasteiger partial charge in [0.2, 0.25) is 0 Å². The molecule has 4 aliphatic heterocycles. The van der Waals surface area contributed by atoms with Gasteiger partial charge in [-0.1, -0.05) is 86.8 Å². The summed E-state index contributed by atoms with van der Waals surface area (Å²) in [6, 6.07) is -1.09. The molecular formula is C47H75NO17. The van der Waals surface area contributed by atoms with E-state index in [4.69, 9.17) is 29.8 Å². The Balaban J connectivity index is 1.61. The summed E-state index contributed by atoms with van der Waals surface area (Å²) in [5, 5.41) is 112. The van der Waals surface area contributed by atoms with Crippen LogP contribution >= 0.6 is 0 Å². The van der Waals surface area contributed by atoms with Crippen molar-refractivity contribution < 1.29 is 84.7 Å². The molecule has 4 aliphatic rings. The summed E-state index contributed by atoms with van der Waals surface area (Å²) in [7, 11) is 0. The SMILES string of the molecule is CC(O)C(C)C(O)C(C)CCC=CC=CC=CC=CC=CC=CC(CC1OC2(CC(O)CC(O)C(O)CCC(O)CC(O)CC(=O)O)CC(O2)C1C(=O)O)OC1OC(C)C(O)C(N)C1O. The van der Waals surface area contributed by atoms with Gasteiger partial charge in [0.15, 0.2) is 12.1 Å². The van der Waals surface area contributed by atoms with Crippen LogP contribution in [0.2, 0.25) is 0 Å². The number of ether oxygens (including phenoxy) is 4. The monoisotopic (exact) mass is 926 g/mol. The van der Waals surface area contributed by atoms with Gasteiger partial charge < -0.3 is 80.9 Å². The summed E-state index contributed by atoms with van der Waals surface area (Å²) < 4.78 is 24.1. The molecule has 0 spiro atoms. The molecule has 0 aromatic carbocycles. The van der Waals surface area contributed by atoms with Crippen molar-refractivity contribution in [2.24, 2.45) is 23.5 Å². The highest BCUT2D eigenvalue weighted by molar-refractivity contribution is 5.72. The standard InChI is InChI=1S/C47H75NO17/c1-27(42(57)28(2)29(3)49)17-15-13-11-9-7-5-6-8-10-12-14-16-18-34(63-46-44(59)41(48)43(58)30(4)62-46)24-37-40(45(60)61)38-26-47(64-37,65-38)25-33(52)22-36(54)35(53)20-19-31(50)21-32(51)23-39(55)56/h5-14,16,18,27-38,40-44,46,49-54,57-59H,15,17,19-26,48H2,1-4H3,(H,55,56)(H,60,61). The van der Waals surface area contributed by atoms with Crippen LogP contribution < -0.4 is 5.73 Å². The zero-order chi connectivity index (χ0) is 48.4. The number of carboxylic acid groups (broad SMARTS) is 2. The lowest BCUT2D eigenvalue weighted by Gasteiger charge is -2.57. The van der Waals surface area contributed by atoms with E-state index in [-0.39, 0.29) is 56.8 Å². The molecule has 4 fully saturated rings. The van der Waals surface area contributed by atoms with Gasteiger partial charge in [-0.2, -0.15) is 0 Å². The summed E-state index contributed by atoms with van der Waals surface area (Å²) in [6.07, 6.45) is 7.07. The maximum absolute atomic E-state index is 12.5. The maximum atomic E-state index is 12.5. The number of rotatable bonds is 29. The molecule has 370 valence electrons. The molecule has 0 aliphatic carbocycles. The van der Waals surface area contributed by atoms with E-state index in [1.807, 2.05) is 56.4 Å². The van der Waals surface area contributed by atoms with Crippen LogP contribution in [0.4, 0.5) is 0 Å². The van der Waals surface area contributed by atoms with Crippen LogP contribution in [0.3, 0.4) is 0 Å². The Hall–Kier alpha value is -3.18. The number of allylic oxidation sites excluding steroid dienone is 11. The third kappa shape index (κ3) is 18.4. The van der Waals surface area contributed by atoms with Gasteiger partial charge in [-0.05, 0) is 51.9 Å². The van der Waals surface area contributed by atoms with E-state index in [2.05, 4.69) is 0 Å². The molecule has 0 amide bonds. The minimum Gasteiger partial charge on any atom is -0.481 e. The second-order valence-corrected chi connectivity index (χ2v) is 17.9. The maximum Gasteiger partial charge on any atom is 0.311 e. The van der Waals surface area contributed by atoms with Crippen molar-refractivity contribution in [2.75, 3.05) is 0 Å². The van der Waals surface area contributed by atoms with Gasteiger partial charge in [-0.15, -0.1) is 0 Å². The molecule has 0 aromatic heterocycles. The molecule has 19 atom stereocenters. The van der Waals surface area contributed by atoms with E-state index in [1.165, 1.54) is 0 Å². The van der Waals surface area contributed by atoms with Crippen LogP contribution in [-0.4, -0.2) is 166 Å². The van der Waals surface area contributed by atoms with Crippen molar-refractivity contribution in [3.8, 4) is 0 Å². The number of hydrogen-bond acceptors (Lipinski definition) is 16. The second-order valence-electron chi connectivity index (χ2n) is 17.9. The average Bonchev–Trinajstić information content (AvgIpc) is 3.22. The van der Waals surface area contributed by atoms with E-state index >= 15 is 0 Å². The summed E-state index contributed by atoms with van der Waals surface area (Å²) in [5.41, 5.74) is 6.05. The minimum atomic E-state index is -1.43. The first-order valence-corrected chi connectivity index (χ1v) is 22.6. The van der Waals surface area contributed by atoms with E-state index in [0.717, 1.165) is 12.8 Å². The first-order valence-electron chi connectivity index (χ1n) is 22.6. The van der Waals surface area contributed by atoms with Crippen molar-refractivity contribution in [3.63, 3.8) is 0 Å². The Morgan fingerprint density at radius 3 is 1.95 bits per heavy atom. The Kier molecular flexibility index (Phi) is 23.8. The zero-order valence-corrected chi connectivity index (χ0v) is 37.8. The molecule has 0 radical (unpaired) electrons. The first-order chi connectivity index (χ1) is 30.6. The predicted molar refractivity (Wildman–Crippen MR) is 237 cm³/mol. The highest BCUT2D eigenvalue weighted by Crippen LogP contribution is 2.50. The fourth-order valence-corrected chi connectivity index (χ4v) is 8.25.